The van der Waals surface area contributed by atoms with Crippen molar-refractivity contribution < 1.29 is 57.9 Å². The summed E-state index contributed by atoms with van der Waals surface area (Å²) in [6.07, 6.45) is 0. The quantitative estimate of drug-likeness (QED) is 0.107. The topological polar surface area (TPSA) is 216 Å². The molecule has 4 aliphatic heterocycles. The predicted molar refractivity (Wildman–Crippen MR) is 326 cm³/mol. The van der Waals surface area contributed by atoms with Crippen molar-refractivity contribution in [3.8, 4) is 45.9 Å². The first-order chi connectivity index (χ1) is 38.9. The van der Waals surface area contributed by atoms with E-state index in [0.717, 1.165) is 0 Å². The standard InChI is InChI=1S/C31H43N5O7.C23H31N5O5.C6H12.2CH4/c1-20(2)30(39)42-26-24(28(37)34-16-12-32(5)13-17-34)36(22-8-10-23(41-7)11-9-22)25(27(26)43-31(40)21(3)4)29(38)35-18-14-33(6)15-19-35;1-24-8-12-26(13-9-24)22(31)18-20(29)21(30)19(23(32)27-14-10-25(2)11-15-27)28(18)16-4-6-17(33-3)7-5-16;1-5(2)6(3)4;;/h8-11,20-21H,12-19H2,1-7H3;4-7,29-30H,8-15H2,1-3H3;6H,1H2,2-4H3;2*1H4. The molecule has 8 rings (SSSR count). The third kappa shape index (κ3) is 16.5. The third-order valence-electron chi connectivity index (χ3n) is 15.2. The summed E-state index contributed by atoms with van der Waals surface area (Å²) in [4.78, 5) is 97.1. The molecular weight excluding hydrogens is 1080 g/mol. The maximum absolute atomic E-state index is 14.4. The van der Waals surface area contributed by atoms with Crippen LogP contribution < -0.4 is 18.9 Å². The van der Waals surface area contributed by atoms with Gasteiger partial charge in [-0.1, -0.05) is 68.5 Å². The number of esters is 2. The highest BCUT2D eigenvalue weighted by atomic mass is 16.6. The highest BCUT2D eigenvalue weighted by Gasteiger charge is 2.41. The molecule has 0 saturated carbocycles. The number of nitrogens with zero attached hydrogens (tertiary/aromatic N) is 10. The minimum absolute atomic E-state index is 0. The number of aromatic nitrogens is 2. The molecule has 2 aromatic carbocycles. The summed E-state index contributed by atoms with van der Waals surface area (Å²) >= 11 is 0. The Bertz CT molecular complexity index is 2750. The van der Waals surface area contributed by atoms with Gasteiger partial charge in [-0.25, -0.2) is 0 Å². The van der Waals surface area contributed by atoms with Crippen molar-refractivity contribution in [3.05, 3.63) is 83.5 Å². The number of hydrogen-bond donors (Lipinski definition) is 2. The maximum Gasteiger partial charge on any atom is 0.313 e. The van der Waals surface area contributed by atoms with Gasteiger partial charge >= 0.3 is 11.9 Å². The van der Waals surface area contributed by atoms with Gasteiger partial charge in [0, 0.05) is 116 Å². The number of aromatic hydroxyl groups is 2. The van der Waals surface area contributed by atoms with Crippen LogP contribution in [0.3, 0.4) is 0 Å². The monoisotopic (exact) mass is 1170 g/mol. The Morgan fingerprint density at radius 1 is 0.417 bits per heavy atom. The van der Waals surface area contributed by atoms with Crippen molar-refractivity contribution >= 4 is 35.6 Å². The third-order valence-corrected chi connectivity index (χ3v) is 15.2. The van der Waals surface area contributed by atoms with Gasteiger partial charge in [-0.05, 0) is 89.6 Å². The fourth-order valence-corrected chi connectivity index (χ4v) is 9.10. The molecular formula is C62H94N10O12. The zero-order valence-electron chi connectivity index (χ0n) is 50.3. The van der Waals surface area contributed by atoms with Crippen LogP contribution in [-0.4, -0.2) is 241 Å². The summed E-state index contributed by atoms with van der Waals surface area (Å²) in [6, 6.07) is 13.6. The highest BCUT2D eigenvalue weighted by Crippen LogP contribution is 2.44. The number of methoxy groups -OCH3 is 2. The normalized spacial score (nSPS) is 16.1. The van der Waals surface area contributed by atoms with Gasteiger partial charge in [0.15, 0.2) is 34.3 Å². The Hall–Kier alpha value is -7.40. The SMILES string of the molecule is C.C.C=C(C)C(C)C.COc1ccc(-n2c(C(=O)N3CCN(C)CC3)c(O)c(O)c2C(=O)N2CCN(C)CC2)cc1.COc1ccc(-n2c(C(=O)N3CCN(C)CC3)c(OC(=O)C(C)C)c(OC(=O)C(C)C)c2C(=O)N2CCN(C)CC2)cc1. The molecule has 464 valence electrons. The van der Waals surface area contributed by atoms with E-state index in [1.807, 2.05) is 35.1 Å². The van der Waals surface area contributed by atoms with E-state index in [-0.39, 0.29) is 49.1 Å². The number of carbonyl (C=O) groups excluding carboxylic acids is 6. The van der Waals surface area contributed by atoms with Crippen LogP contribution in [0, 0.1) is 17.8 Å². The lowest BCUT2D eigenvalue weighted by atomic mass is 10.1. The molecule has 0 atom stereocenters. The molecule has 4 aliphatic rings. The molecule has 4 amide bonds. The molecule has 2 aromatic heterocycles. The van der Waals surface area contributed by atoms with Crippen LogP contribution in [0.2, 0.25) is 0 Å². The molecule has 0 unspecified atom stereocenters. The summed E-state index contributed by atoms with van der Waals surface area (Å²) in [7, 11) is 11.0. The lowest BCUT2D eigenvalue weighted by Gasteiger charge is -2.33. The number of rotatable bonds is 13. The van der Waals surface area contributed by atoms with Crippen molar-refractivity contribution in [1.82, 2.24) is 48.3 Å². The fraction of sp³-hybridized carbons (Fsp3) is 0.548. The van der Waals surface area contributed by atoms with Crippen LogP contribution in [0.1, 0.15) is 105 Å². The van der Waals surface area contributed by atoms with Crippen molar-refractivity contribution in [2.24, 2.45) is 17.8 Å². The van der Waals surface area contributed by atoms with Crippen LogP contribution in [-0.2, 0) is 9.59 Å². The van der Waals surface area contributed by atoms with Gasteiger partial charge in [-0.3, -0.25) is 37.9 Å². The van der Waals surface area contributed by atoms with Gasteiger partial charge in [0.25, 0.3) is 23.6 Å². The molecule has 22 nitrogen and oxygen atoms in total. The van der Waals surface area contributed by atoms with Crippen LogP contribution in [0.5, 0.6) is 34.5 Å². The average Bonchev–Trinajstić information content (AvgIpc) is 2.63. The van der Waals surface area contributed by atoms with E-state index in [1.54, 1.807) is 110 Å². The van der Waals surface area contributed by atoms with E-state index in [1.165, 1.54) is 14.7 Å². The molecule has 4 saturated heterocycles. The second kappa shape index (κ2) is 30.9. The van der Waals surface area contributed by atoms with Gasteiger partial charge in [0.2, 0.25) is 11.5 Å². The first-order valence-corrected chi connectivity index (χ1v) is 28.1. The average molecular weight is 1170 g/mol. The van der Waals surface area contributed by atoms with E-state index in [2.05, 4.69) is 40.0 Å². The molecule has 0 bridgehead atoms. The van der Waals surface area contributed by atoms with Crippen LogP contribution in [0.4, 0.5) is 0 Å². The van der Waals surface area contributed by atoms with Gasteiger partial charge < -0.3 is 68.4 Å². The van der Waals surface area contributed by atoms with Gasteiger partial charge in [-0.15, -0.1) is 0 Å². The van der Waals surface area contributed by atoms with E-state index >= 15 is 0 Å². The van der Waals surface area contributed by atoms with Crippen LogP contribution >= 0.6 is 0 Å². The molecule has 0 radical (unpaired) electrons. The summed E-state index contributed by atoms with van der Waals surface area (Å²) in [5.74, 6) is -3.86. The Kier molecular flexibility index (Phi) is 25.5. The zero-order valence-corrected chi connectivity index (χ0v) is 50.3. The molecule has 6 heterocycles. The van der Waals surface area contributed by atoms with E-state index < -0.39 is 58.9 Å². The minimum atomic E-state index is -0.625. The van der Waals surface area contributed by atoms with Crippen molar-refractivity contribution in [2.45, 2.75) is 63.3 Å². The van der Waals surface area contributed by atoms with E-state index in [0.29, 0.717) is 134 Å². The van der Waals surface area contributed by atoms with Crippen molar-refractivity contribution in [1.29, 1.82) is 0 Å². The van der Waals surface area contributed by atoms with Crippen LogP contribution in [0.25, 0.3) is 11.4 Å². The number of benzene rings is 2. The van der Waals surface area contributed by atoms with Gasteiger partial charge in [-0.2, -0.15) is 0 Å². The van der Waals surface area contributed by atoms with Crippen LogP contribution in [0.15, 0.2) is 60.7 Å². The molecule has 22 heteroatoms. The van der Waals surface area contributed by atoms with Gasteiger partial charge in [0.05, 0.1) is 26.1 Å². The predicted octanol–water partition coefficient (Wildman–Crippen LogP) is 6.55. The second-order valence-corrected chi connectivity index (χ2v) is 22.4. The summed E-state index contributed by atoms with van der Waals surface area (Å²) in [6.45, 7) is 25.9. The van der Waals surface area contributed by atoms with Gasteiger partial charge in [0.1, 0.15) is 11.5 Å². The largest absolute Gasteiger partial charge is 0.503 e. The molecule has 4 aromatic rings. The number of likely N-dealkylation sites (N-methyl/N-ethyl adjacent to an activating group) is 4. The highest BCUT2D eigenvalue weighted by molar-refractivity contribution is 6.06. The first kappa shape index (κ1) is 69.1. The molecule has 0 spiro atoms. The lowest BCUT2D eigenvalue weighted by molar-refractivity contribution is -0.140. The lowest BCUT2D eigenvalue weighted by Crippen LogP contribution is -2.48. The van der Waals surface area contributed by atoms with E-state index in [9.17, 15) is 39.0 Å². The Morgan fingerprint density at radius 3 is 0.857 bits per heavy atom. The molecule has 0 aliphatic carbocycles. The second-order valence-electron chi connectivity index (χ2n) is 22.4. The first-order valence-electron chi connectivity index (χ1n) is 28.1. The number of piperazine rings is 4. The minimum Gasteiger partial charge on any atom is -0.503 e. The molecule has 2 N–H and O–H groups in total. The van der Waals surface area contributed by atoms with Crippen molar-refractivity contribution in [2.75, 3.05) is 147 Å². The Morgan fingerprint density at radius 2 is 0.643 bits per heavy atom. The number of amides is 4. The summed E-state index contributed by atoms with van der Waals surface area (Å²) in [5.41, 5.74) is 1.86. The molecule has 4 fully saturated rings. The Balaban J connectivity index is 0.000000329. The maximum atomic E-state index is 14.4. The Labute approximate surface area is 497 Å². The molecule has 84 heavy (non-hydrogen) atoms. The van der Waals surface area contributed by atoms with Crippen molar-refractivity contribution in [3.63, 3.8) is 0 Å². The fourth-order valence-electron chi connectivity index (χ4n) is 9.10. The number of carbonyl (C=O) groups is 6. The number of hydrogen-bond acceptors (Lipinski definition) is 16. The van der Waals surface area contributed by atoms with E-state index in [4.69, 9.17) is 18.9 Å². The zero-order chi connectivity index (χ0) is 60.3. The summed E-state index contributed by atoms with van der Waals surface area (Å²) < 4.78 is 25.2. The number of ether oxygens (including phenoxy) is 4. The summed E-state index contributed by atoms with van der Waals surface area (Å²) in [5, 5.41) is 21.7. The number of allylic oxidation sites excluding steroid dienone is 1. The smallest absolute Gasteiger partial charge is 0.313 e.